The summed E-state index contributed by atoms with van der Waals surface area (Å²) in [5.74, 6) is -0.956. The van der Waals surface area contributed by atoms with E-state index in [4.69, 9.17) is 4.74 Å². The minimum Gasteiger partial charge on any atom is -0.496 e. The number of anilines is 1. The van der Waals surface area contributed by atoms with Gasteiger partial charge in [0.1, 0.15) is 11.4 Å². The van der Waals surface area contributed by atoms with Crippen LogP contribution in [0.4, 0.5) is 11.4 Å². The molecule has 1 aliphatic heterocycles. The van der Waals surface area contributed by atoms with Crippen LogP contribution in [0.5, 0.6) is 5.75 Å². The highest BCUT2D eigenvalue weighted by Gasteiger charge is 2.60. The van der Waals surface area contributed by atoms with Gasteiger partial charge in [0.2, 0.25) is 11.8 Å². The highest BCUT2D eigenvalue weighted by molar-refractivity contribution is 6.23. The van der Waals surface area contributed by atoms with Gasteiger partial charge in [0.05, 0.1) is 29.9 Å². The highest BCUT2D eigenvalue weighted by atomic mass is 16.6. The van der Waals surface area contributed by atoms with Gasteiger partial charge in [-0.25, -0.2) is 4.90 Å². The molecular weight excluding hydrogens is 300 g/mol. The van der Waals surface area contributed by atoms with Crippen LogP contribution in [0.1, 0.15) is 6.42 Å². The quantitative estimate of drug-likeness (QED) is 0.368. The summed E-state index contributed by atoms with van der Waals surface area (Å²) in [6.07, 6.45) is 4.80. The molecule has 7 heteroatoms. The first-order valence-corrected chi connectivity index (χ1v) is 7.41. The third kappa shape index (κ3) is 1.76. The summed E-state index contributed by atoms with van der Waals surface area (Å²) >= 11 is 0. The normalized spacial score (nSPS) is 30.9. The maximum absolute atomic E-state index is 12.7. The summed E-state index contributed by atoms with van der Waals surface area (Å²) in [5.41, 5.74) is -0.272. The fourth-order valence-corrected chi connectivity index (χ4v) is 4.11. The van der Waals surface area contributed by atoms with Gasteiger partial charge in [0, 0.05) is 0 Å². The predicted octanol–water partition coefficient (Wildman–Crippen LogP) is 1.91. The van der Waals surface area contributed by atoms with Crippen molar-refractivity contribution in [1.82, 2.24) is 0 Å². The zero-order valence-corrected chi connectivity index (χ0v) is 12.3. The summed E-state index contributed by atoms with van der Waals surface area (Å²) in [4.78, 5) is 37.2. The second-order valence-corrected chi connectivity index (χ2v) is 6.12. The lowest BCUT2D eigenvalue weighted by Crippen LogP contribution is -2.33. The molecule has 1 saturated heterocycles. The topological polar surface area (TPSA) is 89.8 Å². The van der Waals surface area contributed by atoms with Crippen LogP contribution in [0.2, 0.25) is 0 Å². The number of carbonyl (C=O) groups is 2. The number of rotatable bonds is 3. The number of nitro benzene ring substituents is 1. The van der Waals surface area contributed by atoms with Gasteiger partial charge in [-0.05, 0) is 30.4 Å². The lowest BCUT2D eigenvalue weighted by atomic mass is 9.85. The molecule has 0 radical (unpaired) electrons. The van der Waals surface area contributed by atoms with Gasteiger partial charge in [-0.2, -0.15) is 0 Å². The summed E-state index contributed by atoms with van der Waals surface area (Å²) in [6.45, 7) is 0. The van der Waals surface area contributed by atoms with Crippen LogP contribution in [-0.4, -0.2) is 23.8 Å². The molecule has 4 atom stereocenters. The van der Waals surface area contributed by atoms with E-state index in [0.29, 0.717) is 5.75 Å². The highest BCUT2D eigenvalue weighted by Crippen LogP contribution is 2.54. The fourth-order valence-electron chi connectivity index (χ4n) is 4.11. The Hall–Kier alpha value is -2.70. The van der Waals surface area contributed by atoms with Gasteiger partial charge in [-0.15, -0.1) is 0 Å². The molecular formula is C16H14N2O5. The molecule has 7 nitrogen and oxygen atoms in total. The number of imide groups is 1. The van der Waals surface area contributed by atoms with E-state index in [1.165, 1.54) is 25.3 Å². The van der Waals surface area contributed by atoms with E-state index in [-0.39, 0.29) is 46.9 Å². The summed E-state index contributed by atoms with van der Waals surface area (Å²) in [5, 5.41) is 11.3. The monoisotopic (exact) mass is 314 g/mol. The molecule has 1 saturated carbocycles. The van der Waals surface area contributed by atoms with Crippen molar-refractivity contribution >= 4 is 23.2 Å². The maximum atomic E-state index is 12.7. The van der Waals surface area contributed by atoms with E-state index in [1.54, 1.807) is 0 Å². The lowest BCUT2D eigenvalue weighted by molar-refractivity contribution is -0.384. The Labute approximate surface area is 131 Å². The number of nitro groups is 1. The molecule has 0 aromatic heterocycles. The zero-order valence-electron chi connectivity index (χ0n) is 12.3. The van der Waals surface area contributed by atoms with E-state index in [1.807, 2.05) is 12.2 Å². The molecule has 118 valence electrons. The van der Waals surface area contributed by atoms with Crippen LogP contribution in [0, 0.1) is 33.8 Å². The molecule has 1 heterocycles. The molecule has 2 bridgehead atoms. The van der Waals surface area contributed by atoms with Crippen LogP contribution >= 0.6 is 0 Å². The molecule has 23 heavy (non-hydrogen) atoms. The Morgan fingerprint density at radius 3 is 2.30 bits per heavy atom. The Kier molecular flexibility index (Phi) is 2.81. The first kappa shape index (κ1) is 13.9. The summed E-state index contributed by atoms with van der Waals surface area (Å²) < 4.78 is 4.99. The zero-order chi connectivity index (χ0) is 16.3. The SMILES string of the molecule is COc1ccc(N2C(=O)[C@H]3[C@H](C2=O)[C@H]2C=C[C@H]3C2)c([N+](=O)[O-])c1. The number of amides is 2. The number of methoxy groups -OCH3 is 1. The summed E-state index contributed by atoms with van der Waals surface area (Å²) in [7, 11) is 1.40. The van der Waals surface area contributed by atoms with Crippen LogP contribution in [0.25, 0.3) is 0 Å². The van der Waals surface area contributed by atoms with Gasteiger partial charge in [-0.3, -0.25) is 19.7 Å². The van der Waals surface area contributed by atoms with Crippen molar-refractivity contribution in [3.05, 3.63) is 40.5 Å². The molecule has 1 aromatic rings. The van der Waals surface area contributed by atoms with Gasteiger partial charge < -0.3 is 4.74 Å². The van der Waals surface area contributed by atoms with E-state index in [9.17, 15) is 19.7 Å². The lowest BCUT2D eigenvalue weighted by Gasteiger charge is -2.17. The van der Waals surface area contributed by atoms with Crippen LogP contribution in [0.15, 0.2) is 30.4 Å². The third-order valence-electron chi connectivity index (χ3n) is 5.09. The maximum Gasteiger partial charge on any atom is 0.297 e. The van der Waals surface area contributed by atoms with Crippen molar-refractivity contribution in [2.45, 2.75) is 6.42 Å². The number of ether oxygens (including phenoxy) is 1. The smallest absolute Gasteiger partial charge is 0.297 e. The predicted molar refractivity (Wildman–Crippen MR) is 79.9 cm³/mol. The van der Waals surface area contributed by atoms with Gasteiger partial charge >= 0.3 is 0 Å². The van der Waals surface area contributed by atoms with Crippen molar-refractivity contribution < 1.29 is 19.2 Å². The molecule has 0 unspecified atom stereocenters. The molecule has 0 N–H and O–H groups in total. The molecule has 2 fully saturated rings. The van der Waals surface area contributed by atoms with Crippen LogP contribution < -0.4 is 9.64 Å². The van der Waals surface area contributed by atoms with Gasteiger partial charge in [0.25, 0.3) is 5.69 Å². The molecule has 2 aliphatic carbocycles. The van der Waals surface area contributed by atoms with E-state index < -0.39 is 4.92 Å². The number of hydrogen-bond donors (Lipinski definition) is 0. The number of allylic oxidation sites excluding steroid dienone is 2. The molecule has 1 aromatic carbocycles. The minimum absolute atomic E-state index is 0.0274. The molecule has 2 amide bonds. The molecule has 4 rings (SSSR count). The van der Waals surface area contributed by atoms with E-state index in [2.05, 4.69) is 0 Å². The largest absolute Gasteiger partial charge is 0.496 e. The third-order valence-corrected chi connectivity index (χ3v) is 5.09. The van der Waals surface area contributed by atoms with Crippen molar-refractivity contribution in [3.8, 4) is 5.75 Å². The number of hydrogen-bond acceptors (Lipinski definition) is 5. The van der Waals surface area contributed by atoms with Crippen molar-refractivity contribution in [2.75, 3.05) is 12.0 Å². The standard InChI is InChI=1S/C16H14N2O5/c1-23-10-4-5-11(12(7-10)18(21)22)17-15(19)13-8-2-3-9(6-8)14(13)16(17)20/h2-5,7-9,13-14H,6H2,1H3/t8-,9-,13+,14+/m0/s1. The van der Waals surface area contributed by atoms with E-state index in [0.717, 1.165) is 11.3 Å². The molecule has 3 aliphatic rings. The summed E-state index contributed by atoms with van der Waals surface area (Å²) in [6, 6.07) is 4.16. The average Bonchev–Trinajstić information content (AvgIpc) is 3.21. The van der Waals surface area contributed by atoms with Gasteiger partial charge in [0.15, 0.2) is 0 Å². The number of nitrogens with zero attached hydrogens (tertiary/aromatic N) is 2. The van der Waals surface area contributed by atoms with Crippen molar-refractivity contribution in [1.29, 1.82) is 0 Å². The van der Waals surface area contributed by atoms with Crippen molar-refractivity contribution in [2.24, 2.45) is 23.7 Å². The Morgan fingerprint density at radius 2 is 1.78 bits per heavy atom. The number of fused-ring (bicyclic) bond motifs is 5. The van der Waals surface area contributed by atoms with Crippen LogP contribution in [-0.2, 0) is 9.59 Å². The number of carbonyl (C=O) groups excluding carboxylic acids is 2. The Balaban J connectivity index is 1.79. The van der Waals surface area contributed by atoms with Gasteiger partial charge in [-0.1, -0.05) is 12.2 Å². The first-order valence-electron chi connectivity index (χ1n) is 7.41. The number of benzene rings is 1. The second kappa shape index (κ2) is 4.65. The Bertz CT molecular complexity index is 742. The first-order chi connectivity index (χ1) is 11.0. The Morgan fingerprint density at radius 1 is 1.17 bits per heavy atom. The minimum atomic E-state index is -0.598. The fraction of sp³-hybridized carbons (Fsp3) is 0.375. The second-order valence-electron chi connectivity index (χ2n) is 6.12. The van der Waals surface area contributed by atoms with Crippen LogP contribution in [0.3, 0.4) is 0 Å². The van der Waals surface area contributed by atoms with Crippen molar-refractivity contribution in [3.63, 3.8) is 0 Å². The average molecular weight is 314 g/mol. The van der Waals surface area contributed by atoms with E-state index >= 15 is 0 Å². The molecule has 0 spiro atoms.